The SMILES string of the molecule is c1ccc(-c2cc(-c3ccccc3)cc(N(c3cccc(-c4cc5ccccc5o4)c3)c3ccc4c(ccc5ccccc54)c3)c2)cc1. The van der Waals surface area contributed by atoms with Crippen LogP contribution in [0.15, 0.2) is 192 Å². The molecular formula is C46H31NO. The number of nitrogens with zero attached hydrogens (tertiary/aromatic N) is 1. The van der Waals surface area contributed by atoms with E-state index in [1.165, 1.54) is 32.7 Å². The molecule has 0 N–H and O–H groups in total. The van der Waals surface area contributed by atoms with Gasteiger partial charge in [0, 0.05) is 28.0 Å². The summed E-state index contributed by atoms with van der Waals surface area (Å²) in [6.07, 6.45) is 0. The zero-order valence-corrected chi connectivity index (χ0v) is 26.3. The second-order valence-corrected chi connectivity index (χ2v) is 12.2. The number of hydrogen-bond acceptors (Lipinski definition) is 2. The highest BCUT2D eigenvalue weighted by atomic mass is 16.3. The van der Waals surface area contributed by atoms with Crippen LogP contribution in [0.25, 0.3) is 66.1 Å². The Kier molecular flexibility index (Phi) is 6.84. The lowest BCUT2D eigenvalue weighted by atomic mass is 9.97. The van der Waals surface area contributed by atoms with Gasteiger partial charge in [0.2, 0.25) is 0 Å². The summed E-state index contributed by atoms with van der Waals surface area (Å²) >= 11 is 0. The zero-order chi connectivity index (χ0) is 31.9. The molecule has 0 unspecified atom stereocenters. The van der Waals surface area contributed by atoms with Gasteiger partial charge < -0.3 is 9.32 Å². The molecule has 0 spiro atoms. The average molecular weight is 614 g/mol. The van der Waals surface area contributed by atoms with Crippen LogP contribution in [0.1, 0.15) is 0 Å². The fourth-order valence-electron chi connectivity index (χ4n) is 6.84. The average Bonchev–Trinajstić information content (AvgIpc) is 3.60. The van der Waals surface area contributed by atoms with Crippen molar-refractivity contribution in [1.82, 2.24) is 0 Å². The van der Waals surface area contributed by atoms with Crippen molar-refractivity contribution < 1.29 is 4.42 Å². The van der Waals surface area contributed by atoms with E-state index < -0.39 is 0 Å². The van der Waals surface area contributed by atoms with Crippen LogP contribution in [0.5, 0.6) is 0 Å². The number of para-hydroxylation sites is 1. The number of anilines is 3. The van der Waals surface area contributed by atoms with Gasteiger partial charge in [0.25, 0.3) is 0 Å². The molecule has 2 heteroatoms. The lowest BCUT2D eigenvalue weighted by Crippen LogP contribution is -2.10. The smallest absolute Gasteiger partial charge is 0.135 e. The Morgan fingerprint density at radius 1 is 0.312 bits per heavy atom. The number of rotatable bonds is 6. The van der Waals surface area contributed by atoms with Crippen molar-refractivity contribution >= 4 is 49.6 Å². The van der Waals surface area contributed by atoms with Crippen LogP contribution < -0.4 is 4.90 Å². The Bertz CT molecular complexity index is 2470. The molecule has 0 aliphatic rings. The van der Waals surface area contributed by atoms with Gasteiger partial charge in [-0.2, -0.15) is 0 Å². The molecule has 1 aromatic heterocycles. The Balaban J connectivity index is 1.27. The highest BCUT2D eigenvalue weighted by Crippen LogP contribution is 2.42. The van der Waals surface area contributed by atoms with Crippen molar-refractivity contribution in [3.05, 3.63) is 188 Å². The van der Waals surface area contributed by atoms with E-state index in [0.29, 0.717) is 0 Å². The van der Waals surface area contributed by atoms with Crippen molar-refractivity contribution in [3.63, 3.8) is 0 Å². The maximum Gasteiger partial charge on any atom is 0.135 e. The lowest BCUT2D eigenvalue weighted by Gasteiger charge is -2.27. The van der Waals surface area contributed by atoms with Crippen molar-refractivity contribution in [2.45, 2.75) is 0 Å². The summed E-state index contributed by atoms with van der Waals surface area (Å²) in [4.78, 5) is 2.37. The first-order valence-electron chi connectivity index (χ1n) is 16.3. The van der Waals surface area contributed by atoms with E-state index in [9.17, 15) is 0 Å². The normalized spacial score (nSPS) is 11.3. The molecule has 0 atom stereocenters. The summed E-state index contributed by atoms with van der Waals surface area (Å²) in [6.45, 7) is 0. The van der Waals surface area contributed by atoms with Crippen LogP contribution in [0.2, 0.25) is 0 Å². The molecule has 226 valence electrons. The third kappa shape index (κ3) is 5.10. The highest BCUT2D eigenvalue weighted by molar-refractivity contribution is 6.08. The monoisotopic (exact) mass is 613 g/mol. The minimum Gasteiger partial charge on any atom is -0.456 e. The van der Waals surface area contributed by atoms with Gasteiger partial charge in [-0.05, 0) is 98.4 Å². The number of hydrogen-bond donors (Lipinski definition) is 0. The summed E-state index contributed by atoms with van der Waals surface area (Å²) in [6, 6.07) is 67.1. The van der Waals surface area contributed by atoms with Crippen LogP contribution in [0, 0.1) is 0 Å². The van der Waals surface area contributed by atoms with Crippen LogP contribution in [0.4, 0.5) is 17.1 Å². The maximum atomic E-state index is 6.33. The Morgan fingerprint density at radius 3 is 1.65 bits per heavy atom. The van der Waals surface area contributed by atoms with Crippen molar-refractivity contribution in [3.8, 4) is 33.6 Å². The summed E-state index contributed by atoms with van der Waals surface area (Å²) in [5, 5.41) is 6.05. The van der Waals surface area contributed by atoms with E-state index in [0.717, 1.165) is 50.5 Å². The molecule has 48 heavy (non-hydrogen) atoms. The van der Waals surface area contributed by atoms with E-state index in [4.69, 9.17) is 4.42 Å². The highest BCUT2D eigenvalue weighted by Gasteiger charge is 2.18. The molecule has 0 bridgehead atoms. The second kappa shape index (κ2) is 11.8. The predicted octanol–water partition coefficient (Wildman–Crippen LogP) is 13.2. The van der Waals surface area contributed by atoms with Crippen LogP contribution in [0.3, 0.4) is 0 Å². The number of furan rings is 1. The molecule has 0 aliphatic carbocycles. The summed E-state index contributed by atoms with van der Waals surface area (Å²) in [7, 11) is 0. The van der Waals surface area contributed by atoms with Gasteiger partial charge in [0.1, 0.15) is 11.3 Å². The van der Waals surface area contributed by atoms with E-state index in [1.807, 2.05) is 18.2 Å². The third-order valence-corrected chi connectivity index (χ3v) is 9.19. The Hall–Kier alpha value is -6.38. The van der Waals surface area contributed by atoms with Gasteiger partial charge in [-0.3, -0.25) is 0 Å². The van der Waals surface area contributed by atoms with Crippen LogP contribution >= 0.6 is 0 Å². The van der Waals surface area contributed by atoms with E-state index in [-0.39, 0.29) is 0 Å². The lowest BCUT2D eigenvalue weighted by molar-refractivity contribution is 0.631. The first-order chi connectivity index (χ1) is 23.8. The first-order valence-corrected chi connectivity index (χ1v) is 16.3. The van der Waals surface area contributed by atoms with Gasteiger partial charge in [-0.15, -0.1) is 0 Å². The second-order valence-electron chi connectivity index (χ2n) is 12.2. The van der Waals surface area contributed by atoms with Crippen molar-refractivity contribution in [2.75, 3.05) is 4.90 Å². The summed E-state index contributed by atoms with van der Waals surface area (Å²) in [5.74, 6) is 0.853. The minimum atomic E-state index is 0.853. The molecule has 9 aromatic rings. The van der Waals surface area contributed by atoms with Gasteiger partial charge in [0.15, 0.2) is 0 Å². The first kappa shape index (κ1) is 27.9. The summed E-state index contributed by atoms with van der Waals surface area (Å²) < 4.78 is 6.33. The molecule has 0 saturated heterocycles. The Morgan fingerprint density at radius 2 is 0.896 bits per heavy atom. The van der Waals surface area contributed by atoms with Crippen molar-refractivity contribution in [2.24, 2.45) is 0 Å². The molecule has 0 radical (unpaired) electrons. The molecule has 8 aromatic carbocycles. The molecule has 2 nitrogen and oxygen atoms in total. The molecule has 0 fully saturated rings. The maximum absolute atomic E-state index is 6.33. The quantitative estimate of drug-likeness (QED) is 0.174. The van der Waals surface area contributed by atoms with Gasteiger partial charge in [-0.1, -0.05) is 133 Å². The molecule has 9 rings (SSSR count). The molecule has 0 amide bonds. The zero-order valence-electron chi connectivity index (χ0n) is 26.3. The largest absolute Gasteiger partial charge is 0.456 e. The number of benzene rings is 8. The van der Waals surface area contributed by atoms with E-state index in [2.05, 4.69) is 175 Å². The molecule has 0 saturated carbocycles. The fraction of sp³-hybridized carbons (Fsp3) is 0. The number of fused-ring (bicyclic) bond motifs is 4. The topological polar surface area (TPSA) is 16.4 Å². The van der Waals surface area contributed by atoms with E-state index in [1.54, 1.807) is 0 Å². The summed E-state index contributed by atoms with van der Waals surface area (Å²) in [5.41, 5.74) is 9.82. The van der Waals surface area contributed by atoms with Gasteiger partial charge >= 0.3 is 0 Å². The van der Waals surface area contributed by atoms with Gasteiger partial charge in [0.05, 0.1) is 0 Å². The van der Waals surface area contributed by atoms with Crippen LogP contribution in [-0.2, 0) is 0 Å². The fourth-order valence-corrected chi connectivity index (χ4v) is 6.84. The predicted molar refractivity (Wildman–Crippen MR) is 202 cm³/mol. The minimum absolute atomic E-state index is 0.853. The third-order valence-electron chi connectivity index (χ3n) is 9.19. The van der Waals surface area contributed by atoms with E-state index >= 15 is 0 Å². The molecular weight excluding hydrogens is 583 g/mol. The van der Waals surface area contributed by atoms with Crippen molar-refractivity contribution in [1.29, 1.82) is 0 Å². The Labute approximate surface area is 279 Å². The standard InChI is InChI=1S/C46H31NO/c1-3-12-32(13-4-1)38-26-39(33-14-5-2-6-15-33)30-42(29-38)47(41-24-25-44-35(27-41)23-22-34-16-7-9-20-43(34)44)40-19-11-18-36(28-40)46-31-37-17-8-10-21-45(37)48-46/h1-31H. The molecule has 1 heterocycles. The van der Waals surface area contributed by atoms with Crippen LogP contribution in [-0.4, -0.2) is 0 Å². The van der Waals surface area contributed by atoms with Gasteiger partial charge in [-0.25, -0.2) is 0 Å². The molecule has 0 aliphatic heterocycles.